The number of rotatable bonds is 3. The molecule has 0 bridgehead atoms. The van der Waals surface area contributed by atoms with E-state index >= 15 is 0 Å². The summed E-state index contributed by atoms with van der Waals surface area (Å²) in [6, 6.07) is 1.67. The number of furan rings is 1. The predicted octanol–water partition coefficient (Wildman–Crippen LogP) is 2.42. The topological polar surface area (TPSA) is 79.5 Å². The molecule has 2 N–H and O–H groups in total. The van der Waals surface area contributed by atoms with Crippen LogP contribution in [-0.4, -0.2) is 23.0 Å². The van der Waals surface area contributed by atoms with Crippen LogP contribution in [-0.2, 0) is 4.79 Å². The molecule has 0 aliphatic heterocycles. The fraction of sp³-hybridized carbons (Fsp3) is 0.500. The summed E-state index contributed by atoms with van der Waals surface area (Å²) in [5, 5.41) is 11.8. The Balaban J connectivity index is 1.85. The smallest absolute Gasteiger partial charge is 0.306 e. The van der Waals surface area contributed by atoms with Crippen LogP contribution in [0.3, 0.4) is 0 Å². The Labute approximate surface area is 113 Å². The Kier molecular flexibility index (Phi) is 4.06. The fourth-order valence-electron chi connectivity index (χ4n) is 2.18. The van der Waals surface area contributed by atoms with Crippen LogP contribution in [0.15, 0.2) is 21.4 Å². The van der Waals surface area contributed by atoms with Crippen molar-refractivity contribution in [2.45, 2.75) is 31.7 Å². The zero-order chi connectivity index (χ0) is 13.1. The molecule has 1 saturated carbocycles. The van der Waals surface area contributed by atoms with E-state index < -0.39 is 5.97 Å². The molecule has 1 aromatic heterocycles. The second-order valence-corrected chi connectivity index (χ2v) is 5.28. The minimum absolute atomic E-state index is 0.0572. The van der Waals surface area contributed by atoms with E-state index in [1.165, 1.54) is 6.26 Å². The van der Waals surface area contributed by atoms with Gasteiger partial charge in [-0.2, -0.15) is 0 Å². The highest BCUT2D eigenvalue weighted by atomic mass is 79.9. The van der Waals surface area contributed by atoms with Crippen molar-refractivity contribution in [2.75, 3.05) is 0 Å². The second kappa shape index (κ2) is 5.56. The number of amides is 1. The molecule has 98 valence electrons. The minimum atomic E-state index is -0.737. The maximum absolute atomic E-state index is 11.8. The normalized spacial score (nSPS) is 23.6. The van der Waals surface area contributed by atoms with Gasteiger partial charge in [0.05, 0.1) is 11.5 Å². The van der Waals surface area contributed by atoms with E-state index in [0.29, 0.717) is 35.9 Å². The van der Waals surface area contributed by atoms with Crippen LogP contribution in [0.25, 0.3) is 0 Å². The molecule has 5 nitrogen and oxygen atoms in total. The molecule has 1 aromatic rings. The van der Waals surface area contributed by atoms with Gasteiger partial charge in [0.15, 0.2) is 4.67 Å². The highest BCUT2D eigenvalue weighted by Crippen LogP contribution is 2.24. The number of carboxylic acid groups (broad SMARTS) is 1. The molecule has 18 heavy (non-hydrogen) atoms. The zero-order valence-corrected chi connectivity index (χ0v) is 11.3. The number of hydrogen-bond acceptors (Lipinski definition) is 3. The Morgan fingerprint density at radius 2 is 2.00 bits per heavy atom. The van der Waals surface area contributed by atoms with Gasteiger partial charge in [-0.15, -0.1) is 0 Å². The van der Waals surface area contributed by atoms with Gasteiger partial charge in [-0.1, -0.05) is 0 Å². The average molecular weight is 316 g/mol. The third-order valence-electron chi connectivity index (χ3n) is 3.24. The van der Waals surface area contributed by atoms with E-state index in [1.54, 1.807) is 6.07 Å². The lowest BCUT2D eigenvalue weighted by molar-refractivity contribution is -0.142. The average Bonchev–Trinajstić information content (AvgIpc) is 2.76. The third-order valence-corrected chi connectivity index (χ3v) is 3.66. The van der Waals surface area contributed by atoms with E-state index in [1.807, 2.05) is 0 Å². The molecule has 1 aliphatic rings. The Hall–Kier alpha value is -1.30. The van der Waals surface area contributed by atoms with Crippen LogP contribution in [0.2, 0.25) is 0 Å². The van der Waals surface area contributed by atoms with Crippen molar-refractivity contribution in [3.63, 3.8) is 0 Å². The zero-order valence-electron chi connectivity index (χ0n) is 9.69. The minimum Gasteiger partial charge on any atom is -0.481 e. The highest BCUT2D eigenvalue weighted by Gasteiger charge is 2.27. The molecule has 1 heterocycles. The van der Waals surface area contributed by atoms with Crippen LogP contribution in [0, 0.1) is 5.92 Å². The summed E-state index contributed by atoms with van der Waals surface area (Å²) in [6.07, 6.45) is 4.05. The van der Waals surface area contributed by atoms with Crippen molar-refractivity contribution in [1.82, 2.24) is 5.32 Å². The number of carbonyl (C=O) groups is 2. The molecule has 0 atom stereocenters. The molecule has 1 fully saturated rings. The summed E-state index contributed by atoms with van der Waals surface area (Å²) in [6.45, 7) is 0. The molecule has 1 aliphatic carbocycles. The number of aliphatic carboxylic acids is 1. The molecular weight excluding hydrogens is 302 g/mol. The molecular formula is C12H14BrNO4. The van der Waals surface area contributed by atoms with Crippen LogP contribution in [0.5, 0.6) is 0 Å². The van der Waals surface area contributed by atoms with Crippen molar-refractivity contribution in [3.8, 4) is 0 Å². The van der Waals surface area contributed by atoms with Crippen LogP contribution in [0.1, 0.15) is 36.0 Å². The lowest BCUT2D eigenvalue weighted by atomic mass is 9.86. The summed E-state index contributed by atoms with van der Waals surface area (Å²) in [5.41, 5.74) is 0.474. The van der Waals surface area contributed by atoms with Crippen molar-refractivity contribution >= 4 is 27.8 Å². The molecule has 0 unspecified atom stereocenters. The Bertz CT molecular complexity index is 449. The summed E-state index contributed by atoms with van der Waals surface area (Å²) in [7, 11) is 0. The first-order chi connectivity index (χ1) is 8.56. The fourth-order valence-corrected chi connectivity index (χ4v) is 2.52. The van der Waals surface area contributed by atoms with Gasteiger partial charge in [-0.3, -0.25) is 9.59 Å². The maximum Gasteiger partial charge on any atom is 0.306 e. The van der Waals surface area contributed by atoms with E-state index in [2.05, 4.69) is 21.2 Å². The highest BCUT2D eigenvalue weighted by molar-refractivity contribution is 9.10. The lowest BCUT2D eigenvalue weighted by Crippen LogP contribution is -2.38. The van der Waals surface area contributed by atoms with Gasteiger partial charge >= 0.3 is 5.97 Å². The van der Waals surface area contributed by atoms with Gasteiger partial charge in [-0.05, 0) is 41.6 Å². The number of hydrogen-bond donors (Lipinski definition) is 2. The first-order valence-electron chi connectivity index (χ1n) is 5.84. The Morgan fingerprint density at radius 1 is 1.33 bits per heavy atom. The standard InChI is InChI=1S/C12H14BrNO4/c13-10-5-8(6-18-10)11(15)14-9-3-1-7(2-4-9)12(16)17/h5-7,9H,1-4H2,(H,14,15)(H,16,17). The summed E-state index contributed by atoms with van der Waals surface area (Å²) in [5.74, 6) is -1.18. The molecule has 0 spiro atoms. The summed E-state index contributed by atoms with van der Waals surface area (Å²) >= 11 is 3.14. The van der Waals surface area contributed by atoms with Crippen molar-refractivity contribution in [3.05, 3.63) is 22.6 Å². The van der Waals surface area contributed by atoms with E-state index in [9.17, 15) is 9.59 Å². The van der Waals surface area contributed by atoms with Crippen molar-refractivity contribution < 1.29 is 19.1 Å². The number of nitrogens with one attached hydrogen (secondary N) is 1. The largest absolute Gasteiger partial charge is 0.481 e. The molecule has 2 rings (SSSR count). The van der Waals surface area contributed by atoms with E-state index in [-0.39, 0.29) is 17.9 Å². The van der Waals surface area contributed by atoms with E-state index in [4.69, 9.17) is 9.52 Å². The van der Waals surface area contributed by atoms with Crippen LogP contribution < -0.4 is 5.32 Å². The van der Waals surface area contributed by atoms with Gasteiger partial charge in [0.1, 0.15) is 6.26 Å². The van der Waals surface area contributed by atoms with Gasteiger partial charge < -0.3 is 14.8 Å². The molecule has 0 saturated heterocycles. The first-order valence-corrected chi connectivity index (χ1v) is 6.63. The van der Waals surface area contributed by atoms with Crippen LogP contribution in [0.4, 0.5) is 0 Å². The van der Waals surface area contributed by atoms with Crippen molar-refractivity contribution in [1.29, 1.82) is 0 Å². The molecule has 1 amide bonds. The lowest BCUT2D eigenvalue weighted by Gasteiger charge is -2.26. The quantitative estimate of drug-likeness (QED) is 0.897. The number of halogens is 1. The Morgan fingerprint density at radius 3 is 2.50 bits per heavy atom. The van der Waals surface area contributed by atoms with Gasteiger partial charge in [0.25, 0.3) is 5.91 Å². The van der Waals surface area contributed by atoms with E-state index in [0.717, 1.165) is 0 Å². The second-order valence-electron chi connectivity index (χ2n) is 4.50. The van der Waals surface area contributed by atoms with Gasteiger partial charge in [0.2, 0.25) is 0 Å². The summed E-state index contributed by atoms with van der Waals surface area (Å²) < 4.78 is 5.52. The van der Waals surface area contributed by atoms with Crippen LogP contribution >= 0.6 is 15.9 Å². The number of carbonyl (C=O) groups excluding carboxylic acids is 1. The monoisotopic (exact) mass is 315 g/mol. The van der Waals surface area contributed by atoms with Crippen molar-refractivity contribution in [2.24, 2.45) is 5.92 Å². The molecule has 0 radical (unpaired) electrons. The summed E-state index contributed by atoms with van der Waals surface area (Å²) in [4.78, 5) is 22.6. The SMILES string of the molecule is O=C(NC1CCC(C(=O)O)CC1)c1coc(Br)c1. The molecule has 6 heteroatoms. The maximum atomic E-state index is 11.8. The van der Waals surface area contributed by atoms with Gasteiger partial charge in [-0.25, -0.2) is 0 Å². The first kappa shape index (κ1) is 13.1. The molecule has 0 aromatic carbocycles. The third kappa shape index (κ3) is 3.13. The number of carboxylic acids is 1. The van der Waals surface area contributed by atoms with Gasteiger partial charge in [0, 0.05) is 12.1 Å². The predicted molar refractivity (Wildman–Crippen MR) is 67.3 cm³/mol.